The average Bonchev–Trinajstić information content (AvgIpc) is 2.70. The smallest absolute Gasteiger partial charge is 0.251 e. The number of amides is 1. The van der Waals surface area contributed by atoms with Crippen LogP contribution < -0.4 is 20.7 Å². The summed E-state index contributed by atoms with van der Waals surface area (Å²) in [6.07, 6.45) is 0. The quantitative estimate of drug-likeness (QED) is 0.227. The number of ether oxygens (including phenoxy) is 1. The molecule has 0 aliphatic heterocycles. The minimum absolute atomic E-state index is 0. The maximum absolute atomic E-state index is 12.2. The molecule has 0 aliphatic carbocycles. The highest BCUT2D eigenvalue weighted by Crippen LogP contribution is 2.12. The molecule has 0 fully saturated rings. The summed E-state index contributed by atoms with van der Waals surface area (Å²) in [5.74, 6) is 1.27. The summed E-state index contributed by atoms with van der Waals surface area (Å²) in [4.78, 5) is 16.8. The van der Waals surface area contributed by atoms with Crippen molar-refractivity contribution in [3.05, 3.63) is 65.2 Å². The van der Waals surface area contributed by atoms with Gasteiger partial charge >= 0.3 is 0 Å². The van der Waals surface area contributed by atoms with Gasteiger partial charge in [-0.25, -0.2) is 4.99 Å². The lowest BCUT2D eigenvalue weighted by Gasteiger charge is -2.12. The van der Waals surface area contributed by atoms with Crippen LogP contribution in [0.5, 0.6) is 5.75 Å². The maximum Gasteiger partial charge on any atom is 0.251 e. The Labute approximate surface area is 184 Å². The fraction of sp³-hybridized carbons (Fsp3) is 0.333. The summed E-state index contributed by atoms with van der Waals surface area (Å²) < 4.78 is 5.14. The minimum atomic E-state index is -0.128. The van der Waals surface area contributed by atoms with Gasteiger partial charge in [0.2, 0.25) is 0 Å². The van der Waals surface area contributed by atoms with E-state index in [1.165, 1.54) is 5.56 Å². The molecule has 152 valence electrons. The van der Waals surface area contributed by atoms with Gasteiger partial charge in [0.25, 0.3) is 5.91 Å². The second-order valence-electron chi connectivity index (χ2n) is 6.10. The Kier molecular flexibility index (Phi) is 11.0. The van der Waals surface area contributed by atoms with Gasteiger partial charge in [-0.1, -0.05) is 35.9 Å². The molecule has 2 aromatic carbocycles. The van der Waals surface area contributed by atoms with E-state index in [4.69, 9.17) is 4.74 Å². The highest BCUT2D eigenvalue weighted by atomic mass is 127. The molecule has 28 heavy (non-hydrogen) atoms. The predicted molar refractivity (Wildman–Crippen MR) is 125 cm³/mol. The van der Waals surface area contributed by atoms with Crippen LogP contribution in [0.1, 0.15) is 28.4 Å². The van der Waals surface area contributed by atoms with Crippen molar-refractivity contribution < 1.29 is 9.53 Å². The number of aliphatic imine (C=N–C) groups is 1. The Bertz CT molecular complexity index is 763. The molecule has 0 saturated carbocycles. The Balaban J connectivity index is 0.00000392. The van der Waals surface area contributed by atoms with Gasteiger partial charge in [0.05, 0.1) is 13.7 Å². The number of carbonyl (C=O) groups is 1. The molecule has 7 heteroatoms. The number of nitrogens with one attached hydrogen (secondary N) is 3. The van der Waals surface area contributed by atoms with E-state index in [1.807, 2.05) is 13.0 Å². The van der Waals surface area contributed by atoms with Crippen LogP contribution in [0, 0.1) is 6.92 Å². The number of rotatable bonds is 8. The van der Waals surface area contributed by atoms with Gasteiger partial charge in [0, 0.05) is 25.2 Å². The molecule has 3 N–H and O–H groups in total. The minimum Gasteiger partial charge on any atom is -0.497 e. The predicted octanol–water partition coefficient (Wildman–Crippen LogP) is 3.11. The van der Waals surface area contributed by atoms with Crippen molar-refractivity contribution in [3.63, 3.8) is 0 Å². The molecule has 0 aromatic heterocycles. The fourth-order valence-electron chi connectivity index (χ4n) is 2.43. The molecular formula is C21H29IN4O2. The molecule has 0 heterocycles. The first-order chi connectivity index (χ1) is 13.1. The van der Waals surface area contributed by atoms with E-state index >= 15 is 0 Å². The lowest BCUT2D eigenvalue weighted by atomic mass is 10.1. The normalized spacial score (nSPS) is 10.6. The van der Waals surface area contributed by atoms with E-state index in [9.17, 15) is 4.79 Å². The largest absolute Gasteiger partial charge is 0.497 e. The summed E-state index contributed by atoms with van der Waals surface area (Å²) in [5.41, 5.74) is 2.97. The zero-order valence-electron chi connectivity index (χ0n) is 16.6. The highest BCUT2D eigenvalue weighted by molar-refractivity contribution is 14.0. The zero-order chi connectivity index (χ0) is 19.5. The second kappa shape index (κ2) is 13.0. The molecule has 0 radical (unpaired) electrons. The van der Waals surface area contributed by atoms with Gasteiger partial charge in [-0.05, 0) is 37.6 Å². The molecule has 2 aromatic rings. The molecule has 0 saturated heterocycles. The monoisotopic (exact) mass is 496 g/mol. The van der Waals surface area contributed by atoms with Gasteiger partial charge in [0.1, 0.15) is 5.75 Å². The van der Waals surface area contributed by atoms with E-state index in [1.54, 1.807) is 25.3 Å². The Morgan fingerprint density at radius 2 is 1.75 bits per heavy atom. The SMILES string of the molecule is CCNC(=NCc1ccc(C)cc1)NCCNC(=O)c1cccc(OC)c1.I. The van der Waals surface area contributed by atoms with E-state index in [-0.39, 0.29) is 29.9 Å². The van der Waals surface area contributed by atoms with Crippen molar-refractivity contribution in [2.24, 2.45) is 4.99 Å². The van der Waals surface area contributed by atoms with E-state index in [0.29, 0.717) is 30.9 Å². The third-order valence-electron chi connectivity index (χ3n) is 3.92. The lowest BCUT2D eigenvalue weighted by molar-refractivity contribution is 0.0954. The van der Waals surface area contributed by atoms with Crippen LogP contribution >= 0.6 is 24.0 Å². The molecule has 6 nitrogen and oxygen atoms in total. The van der Waals surface area contributed by atoms with Crippen LogP contribution in [0.4, 0.5) is 0 Å². The number of hydrogen-bond donors (Lipinski definition) is 3. The van der Waals surface area contributed by atoms with Crippen LogP contribution in [0.15, 0.2) is 53.5 Å². The first-order valence-electron chi connectivity index (χ1n) is 9.12. The van der Waals surface area contributed by atoms with Crippen LogP contribution in [0.3, 0.4) is 0 Å². The van der Waals surface area contributed by atoms with Crippen LogP contribution in [0.25, 0.3) is 0 Å². The van der Waals surface area contributed by atoms with Crippen molar-refractivity contribution in [3.8, 4) is 5.75 Å². The summed E-state index contributed by atoms with van der Waals surface area (Å²) in [5, 5.41) is 9.33. The van der Waals surface area contributed by atoms with Crippen molar-refractivity contribution in [2.45, 2.75) is 20.4 Å². The summed E-state index contributed by atoms with van der Waals surface area (Å²) in [6, 6.07) is 15.4. The van der Waals surface area contributed by atoms with Gasteiger partial charge in [0.15, 0.2) is 5.96 Å². The molecule has 0 bridgehead atoms. The standard InChI is InChI=1S/C21H28N4O2.HI/c1-4-22-21(25-15-17-10-8-16(2)9-11-17)24-13-12-23-20(26)18-6-5-7-19(14-18)27-3;/h5-11,14H,4,12-13,15H2,1-3H3,(H,23,26)(H2,22,24,25);1H. The van der Waals surface area contributed by atoms with Gasteiger partial charge in [-0.3, -0.25) is 4.79 Å². The third-order valence-corrected chi connectivity index (χ3v) is 3.92. The lowest BCUT2D eigenvalue weighted by Crippen LogP contribution is -2.41. The summed E-state index contributed by atoms with van der Waals surface area (Å²) in [6.45, 7) is 6.54. The van der Waals surface area contributed by atoms with Crippen molar-refractivity contribution in [2.75, 3.05) is 26.7 Å². The zero-order valence-corrected chi connectivity index (χ0v) is 18.9. The topological polar surface area (TPSA) is 74.8 Å². The molecule has 0 aliphatic rings. The summed E-state index contributed by atoms with van der Waals surface area (Å²) >= 11 is 0. The molecular weight excluding hydrogens is 467 g/mol. The highest BCUT2D eigenvalue weighted by Gasteiger charge is 2.06. The van der Waals surface area contributed by atoms with Gasteiger partial charge in [-0.2, -0.15) is 0 Å². The second-order valence-corrected chi connectivity index (χ2v) is 6.10. The number of methoxy groups -OCH3 is 1. The van der Waals surface area contributed by atoms with Gasteiger partial charge < -0.3 is 20.7 Å². The number of halogens is 1. The van der Waals surface area contributed by atoms with Crippen LogP contribution in [-0.4, -0.2) is 38.6 Å². The Morgan fingerprint density at radius 1 is 1.04 bits per heavy atom. The van der Waals surface area contributed by atoms with E-state index in [0.717, 1.165) is 18.1 Å². The molecule has 0 spiro atoms. The van der Waals surface area contributed by atoms with Crippen LogP contribution in [0.2, 0.25) is 0 Å². The van der Waals surface area contributed by atoms with Crippen molar-refractivity contribution >= 4 is 35.8 Å². The fourth-order valence-corrected chi connectivity index (χ4v) is 2.43. The molecule has 1 amide bonds. The van der Waals surface area contributed by atoms with E-state index < -0.39 is 0 Å². The molecule has 0 atom stereocenters. The molecule has 2 rings (SSSR count). The number of hydrogen-bond acceptors (Lipinski definition) is 3. The average molecular weight is 496 g/mol. The number of benzene rings is 2. The first-order valence-corrected chi connectivity index (χ1v) is 9.12. The van der Waals surface area contributed by atoms with Gasteiger partial charge in [-0.15, -0.1) is 24.0 Å². The number of aryl methyl sites for hydroxylation is 1. The van der Waals surface area contributed by atoms with Crippen molar-refractivity contribution in [1.82, 2.24) is 16.0 Å². The van der Waals surface area contributed by atoms with Crippen molar-refractivity contribution in [1.29, 1.82) is 0 Å². The molecule has 0 unspecified atom stereocenters. The number of carbonyl (C=O) groups excluding carboxylic acids is 1. The van der Waals surface area contributed by atoms with E-state index in [2.05, 4.69) is 52.1 Å². The summed E-state index contributed by atoms with van der Waals surface area (Å²) in [7, 11) is 1.58. The Morgan fingerprint density at radius 3 is 2.43 bits per heavy atom. The number of guanidine groups is 1. The number of nitrogens with zero attached hydrogens (tertiary/aromatic N) is 1. The first kappa shape index (κ1) is 23.7. The Hall–Kier alpha value is -2.29. The van der Waals surface area contributed by atoms with Crippen LogP contribution in [-0.2, 0) is 6.54 Å². The third kappa shape index (κ3) is 8.16. The maximum atomic E-state index is 12.2.